The Hall–Kier alpha value is -1.81. The molecular weight excluding hydrogens is 320 g/mol. The zero-order valence-electron chi connectivity index (χ0n) is 15.4. The summed E-state index contributed by atoms with van der Waals surface area (Å²) in [4.78, 5) is 10.7. The quantitative estimate of drug-likeness (QED) is 0.792. The molecule has 4 heteroatoms. The van der Waals surface area contributed by atoms with Crippen LogP contribution in [0.15, 0.2) is 24.3 Å². The summed E-state index contributed by atoms with van der Waals surface area (Å²) >= 11 is 0. The summed E-state index contributed by atoms with van der Waals surface area (Å²) in [5, 5.41) is 1.13. The lowest BCUT2D eigenvalue weighted by Gasteiger charge is -2.59. The van der Waals surface area contributed by atoms with Crippen LogP contribution in [0.4, 0.5) is 11.5 Å². The molecule has 136 valence electrons. The van der Waals surface area contributed by atoms with Crippen molar-refractivity contribution >= 4 is 22.4 Å². The first-order valence-electron chi connectivity index (χ1n) is 10.5. The van der Waals surface area contributed by atoms with E-state index in [1.54, 1.807) is 0 Å². The second-order valence-electron chi connectivity index (χ2n) is 8.84. The molecule has 0 bridgehead atoms. The normalized spacial score (nSPS) is 33.5. The van der Waals surface area contributed by atoms with E-state index >= 15 is 0 Å². The minimum Gasteiger partial charge on any atom is -0.398 e. The largest absolute Gasteiger partial charge is 0.398 e. The predicted octanol–water partition coefficient (Wildman–Crippen LogP) is 3.44. The van der Waals surface area contributed by atoms with Crippen molar-refractivity contribution in [3.63, 3.8) is 0 Å². The van der Waals surface area contributed by atoms with Gasteiger partial charge < -0.3 is 10.6 Å². The molecule has 0 unspecified atom stereocenters. The number of para-hydroxylation sites is 1. The number of aromatic nitrogens is 1. The lowest BCUT2D eigenvalue weighted by atomic mass is 9.68. The molecule has 4 aliphatic rings. The smallest absolute Gasteiger partial charge is 0.134 e. The Bertz CT molecular complexity index is 861. The van der Waals surface area contributed by atoms with Crippen LogP contribution in [0.3, 0.4) is 0 Å². The molecule has 0 radical (unpaired) electrons. The third kappa shape index (κ3) is 2.02. The van der Waals surface area contributed by atoms with Crippen LogP contribution in [-0.4, -0.2) is 41.6 Å². The summed E-state index contributed by atoms with van der Waals surface area (Å²) in [6.45, 7) is 3.84. The molecule has 4 nitrogen and oxygen atoms in total. The van der Waals surface area contributed by atoms with E-state index in [9.17, 15) is 0 Å². The highest BCUT2D eigenvalue weighted by Crippen LogP contribution is 2.48. The second-order valence-corrected chi connectivity index (χ2v) is 8.84. The number of anilines is 2. The molecule has 2 aromatic rings. The molecule has 0 amide bonds. The van der Waals surface area contributed by atoms with E-state index in [2.05, 4.69) is 34.1 Å². The van der Waals surface area contributed by atoms with Crippen LogP contribution in [-0.2, 0) is 6.42 Å². The Balaban J connectivity index is 1.47. The van der Waals surface area contributed by atoms with Crippen LogP contribution in [0.25, 0.3) is 10.9 Å². The van der Waals surface area contributed by atoms with Crippen molar-refractivity contribution in [1.82, 2.24) is 9.88 Å². The van der Waals surface area contributed by atoms with Gasteiger partial charge in [0.1, 0.15) is 5.82 Å². The molecule has 26 heavy (non-hydrogen) atoms. The number of nitrogen functional groups attached to an aromatic ring is 1. The van der Waals surface area contributed by atoms with Crippen LogP contribution >= 0.6 is 0 Å². The molecule has 0 aliphatic carbocycles. The number of nitrogens with two attached hydrogens (primary N) is 1. The minimum atomic E-state index is 0.665. The highest BCUT2D eigenvalue weighted by atomic mass is 15.3. The van der Waals surface area contributed by atoms with E-state index in [1.165, 1.54) is 63.1 Å². The van der Waals surface area contributed by atoms with E-state index in [0.29, 0.717) is 6.04 Å². The highest BCUT2D eigenvalue weighted by Gasteiger charge is 2.50. The summed E-state index contributed by atoms with van der Waals surface area (Å²) in [7, 11) is 0. The second kappa shape index (κ2) is 5.59. The van der Waals surface area contributed by atoms with E-state index < -0.39 is 0 Å². The van der Waals surface area contributed by atoms with Gasteiger partial charge in [-0.25, -0.2) is 4.98 Å². The summed E-state index contributed by atoms with van der Waals surface area (Å²) < 4.78 is 0. The van der Waals surface area contributed by atoms with E-state index in [4.69, 9.17) is 10.7 Å². The maximum atomic E-state index is 6.62. The lowest BCUT2D eigenvalue weighted by Crippen LogP contribution is -2.65. The monoisotopic (exact) mass is 348 g/mol. The van der Waals surface area contributed by atoms with Crippen molar-refractivity contribution in [1.29, 1.82) is 0 Å². The molecule has 4 atom stereocenters. The molecular formula is C22H28N4. The van der Waals surface area contributed by atoms with Gasteiger partial charge in [0.2, 0.25) is 0 Å². The highest BCUT2D eigenvalue weighted by molar-refractivity contribution is 5.94. The van der Waals surface area contributed by atoms with Gasteiger partial charge >= 0.3 is 0 Å². The van der Waals surface area contributed by atoms with Gasteiger partial charge in [0.25, 0.3) is 0 Å². The Labute approximate surface area is 155 Å². The Morgan fingerprint density at radius 1 is 1.04 bits per heavy atom. The Morgan fingerprint density at radius 3 is 2.81 bits per heavy atom. The van der Waals surface area contributed by atoms with Crippen LogP contribution in [0, 0.1) is 11.8 Å². The third-order valence-electron chi connectivity index (χ3n) is 7.65. The Kier molecular flexibility index (Phi) is 3.28. The molecule has 0 spiro atoms. The number of hydrogen-bond donors (Lipinski definition) is 1. The van der Waals surface area contributed by atoms with Gasteiger partial charge in [0.05, 0.1) is 5.52 Å². The van der Waals surface area contributed by atoms with Gasteiger partial charge in [-0.3, -0.25) is 4.90 Å². The number of benzene rings is 1. The average molecular weight is 348 g/mol. The van der Waals surface area contributed by atoms with Crippen molar-refractivity contribution in [2.75, 3.05) is 30.3 Å². The first-order chi connectivity index (χ1) is 12.8. The van der Waals surface area contributed by atoms with E-state index in [-0.39, 0.29) is 0 Å². The zero-order chi connectivity index (χ0) is 17.3. The fourth-order valence-electron chi connectivity index (χ4n) is 6.65. The maximum absolute atomic E-state index is 6.62. The summed E-state index contributed by atoms with van der Waals surface area (Å²) in [6, 6.07) is 9.88. The van der Waals surface area contributed by atoms with E-state index in [0.717, 1.165) is 40.9 Å². The van der Waals surface area contributed by atoms with Crippen LogP contribution in [0.1, 0.15) is 37.7 Å². The fourth-order valence-corrected chi connectivity index (χ4v) is 6.65. The predicted molar refractivity (Wildman–Crippen MR) is 106 cm³/mol. The van der Waals surface area contributed by atoms with Gasteiger partial charge in [-0.15, -0.1) is 0 Å². The van der Waals surface area contributed by atoms with Crippen molar-refractivity contribution in [3.05, 3.63) is 29.8 Å². The van der Waals surface area contributed by atoms with Gasteiger partial charge in [0.15, 0.2) is 0 Å². The van der Waals surface area contributed by atoms with Crippen molar-refractivity contribution in [2.45, 2.75) is 50.6 Å². The number of rotatable bonds is 0. The van der Waals surface area contributed by atoms with Gasteiger partial charge in [-0.2, -0.15) is 0 Å². The van der Waals surface area contributed by atoms with Crippen molar-refractivity contribution in [3.8, 4) is 0 Å². The van der Waals surface area contributed by atoms with Crippen molar-refractivity contribution in [2.24, 2.45) is 11.8 Å². The number of fused-ring (bicyclic) bond motifs is 5. The van der Waals surface area contributed by atoms with Gasteiger partial charge in [0, 0.05) is 35.3 Å². The molecule has 4 aliphatic heterocycles. The summed E-state index contributed by atoms with van der Waals surface area (Å²) in [5.74, 6) is 2.84. The topological polar surface area (TPSA) is 45.4 Å². The van der Waals surface area contributed by atoms with Crippen molar-refractivity contribution < 1.29 is 0 Å². The number of hydrogen-bond acceptors (Lipinski definition) is 4. The molecule has 6 rings (SSSR count). The molecule has 5 heterocycles. The SMILES string of the molecule is Nc1c2c(nc3ccccc13)N1C[C@@H]3CCCN4CCC[C@@H]([C@H]34)[C@H]1CC2. The number of piperidine rings is 3. The Morgan fingerprint density at radius 2 is 1.88 bits per heavy atom. The lowest BCUT2D eigenvalue weighted by molar-refractivity contribution is -0.0142. The van der Waals surface area contributed by atoms with Gasteiger partial charge in [-0.05, 0) is 69.5 Å². The average Bonchev–Trinajstić information content (AvgIpc) is 2.69. The molecule has 2 N–H and O–H groups in total. The first-order valence-corrected chi connectivity index (χ1v) is 10.5. The van der Waals surface area contributed by atoms with E-state index in [1.807, 2.05) is 0 Å². The number of nitrogens with zero attached hydrogens (tertiary/aromatic N) is 3. The molecule has 0 saturated carbocycles. The van der Waals surface area contributed by atoms with Crippen LogP contribution in [0.5, 0.6) is 0 Å². The summed E-state index contributed by atoms with van der Waals surface area (Å²) in [5.41, 5.74) is 9.95. The maximum Gasteiger partial charge on any atom is 0.134 e. The van der Waals surface area contributed by atoms with Gasteiger partial charge in [-0.1, -0.05) is 18.2 Å². The molecule has 1 aromatic heterocycles. The molecule has 3 saturated heterocycles. The first kappa shape index (κ1) is 15.3. The molecule has 3 fully saturated rings. The van der Waals surface area contributed by atoms with Crippen LogP contribution < -0.4 is 10.6 Å². The third-order valence-corrected chi connectivity index (χ3v) is 7.65. The number of pyridine rings is 1. The standard InChI is InChI=1S/C22H28N4/c23-20-15-6-1-2-8-18(15)24-22-17(20)9-10-19-16-7-4-12-25-11-3-5-14(21(16)25)13-26(19)22/h1-2,6,8,14,16,19,21H,3-5,7,9-13H2,(H2,23,24)/t14-,16+,19+,21-/m0/s1. The van der Waals surface area contributed by atoms with Crippen LogP contribution in [0.2, 0.25) is 0 Å². The molecule has 1 aromatic carbocycles. The zero-order valence-corrected chi connectivity index (χ0v) is 15.4. The fraction of sp³-hybridized carbons (Fsp3) is 0.591. The minimum absolute atomic E-state index is 0.665. The summed E-state index contributed by atoms with van der Waals surface area (Å²) in [6.07, 6.45) is 7.87.